The Morgan fingerprint density at radius 3 is 2.75 bits per heavy atom. The average Bonchev–Trinajstić information content (AvgIpc) is 2.74. The maximum absolute atomic E-state index is 12.9. The molecule has 2 aromatic rings. The molecule has 8 heteroatoms. The zero-order valence-electron chi connectivity index (χ0n) is 10.9. The topological polar surface area (TPSA) is 90.0 Å². The molecular formula is C12H15FN4O2S. The number of benzene rings is 1. The van der Waals surface area contributed by atoms with Gasteiger partial charge in [-0.3, -0.25) is 4.68 Å². The van der Waals surface area contributed by atoms with E-state index in [1.54, 1.807) is 24.0 Å². The summed E-state index contributed by atoms with van der Waals surface area (Å²) in [6.45, 7) is 0.207. The first-order valence-corrected chi connectivity index (χ1v) is 7.40. The van der Waals surface area contributed by atoms with Crippen molar-refractivity contribution in [1.29, 1.82) is 0 Å². The van der Waals surface area contributed by atoms with Crippen LogP contribution in [0.15, 0.2) is 35.4 Å². The Morgan fingerprint density at radius 1 is 1.40 bits per heavy atom. The summed E-state index contributed by atoms with van der Waals surface area (Å²) in [6, 6.07) is 5.00. The van der Waals surface area contributed by atoms with Crippen molar-refractivity contribution in [3.8, 4) is 0 Å². The van der Waals surface area contributed by atoms with Crippen LogP contribution in [0.1, 0.15) is 5.69 Å². The van der Waals surface area contributed by atoms with Gasteiger partial charge in [0.05, 0.1) is 5.69 Å². The van der Waals surface area contributed by atoms with Gasteiger partial charge >= 0.3 is 0 Å². The molecule has 6 nitrogen and oxygen atoms in total. The van der Waals surface area contributed by atoms with Crippen LogP contribution in [0.5, 0.6) is 0 Å². The lowest BCUT2D eigenvalue weighted by atomic mass is 10.3. The Hall–Kier alpha value is -1.93. The van der Waals surface area contributed by atoms with Gasteiger partial charge in [0.2, 0.25) is 10.0 Å². The number of nitrogen functional groups attached to an aromatic ring is 1. The van der Waals surface area contributed by atoms with Crippen LogP contribution in [-0.4, -0.2) is 24.7 Å². The molecule has 0 spiro atoms. The van der Waals surface area contributed by atoms with Gasteiger partial charge in [0.1, 0.15) is 10.7 Å². The molecule has 2 rings (SSSR count). The fraction of sp³-hybridized carbons (Fsp3) is 0.250. The number of sulfonamides is 1. The highest BCUT2D eigenvalue weighted by Crippen LogP contribution is 2.18. The molecule has 0 atom stereocenters. The van der Waals surface area contributed by atoms with Crippen LogP contribution in [0.25, 0.3) is 0 Å². The van der Waals surface area contributed by atoms with Gasteiger partial charge < -0.3 is 5.73 Å². The van der Waals surface area contributed by atoms with E-state index in [1.165, 1.54) is 0 Å². The van der Waals surface area contributed by atoms with E-state index in [4.69, 9.17) is 5.73 Å². The zero-order valence-corrected chi connectivity index (χ0v) is 11.7. The van der Waals surface area contributed by atoms with E-state index in [0.29, 0.717) is 6.42 Å². The molecule has 0 aliphatic heterocycles. The highest BCUT2D eigenvalue weighted by Gasteiger charge is 2.17. The minimum absolute atomic E-state index is 0.113. The number of halogens is 1. The van der Waals surface area contributed by atoms with Crippen molar-refractivity contribution in [3.63, 3.8) is 0 Å². The quantitative estimate of drug-likeness (QED) is 0.794. The number of hydrogen-bond acceptors (Lipinski definition) is 4. The molecule has 0 saturated heterocycles. The summed E-state index contributed by atoms with van der Waals surface area (Å²) >= 11 is 0. The molecule has 1 aromatic heterocycles. The molecule has 0 radical (unpaired) electrons. The van der Waals surface area contributed by atoms with Gasteiger partial charge in [-0.15, -0.1) is 0 Å². The first kappa shape index (κ1) is 14.5. The van der Waals surface area contributed by atoms with E-state index < -0.39 is 15.8 Å². The summed E-state index contributed by atoms with van der Waals surface area (Å²) in [5.74, 6) is -0.573. The SMILES string of the molecule is Cn1nccc1CCNS(=O)(=O)c1ccc(F)cc1N. The van der Waals surface area contributed by atoms with E-state index in [2.05, 4.69) is 9.82 Å². The van der Waals surface area contributed by atoms with Gasteiger partial charge in [-0.05, 0) is 24.3 Å². The van der Waals surface area contributed by atoms with Crippen molar-refractivity contribution in [2.24, 2.45) is 7.05 Å². The summed E-state index contributed by atoms with van der Waals surface area (Å²) < 4.78 is 41.1. The van der Waals surface area contributed by atoms with Gasteiger partial charge in [-0.25, -0.2) is 17.5 Å². The van der Waals surface area contributed by atoms with E-state index in [-0.39, 0.29) is 17.1 Å². The monoisotopic (exact) mass is 298 g/mol. The third-order valence-electron chi connectivity index (χ3n) is 2.86. The number of anilines is 1. The molecular weight excluding hydrogens is 283 g/mol. The van der Waals surface area contributed by atoms with Crippen LogP contribution in [0.3, 0.4) is 0 Å². The molecule has 0 bridgehead atoms. The van der Waals surface area contributed by atoms with Crippen molar-refractivity contribution in [3.05, 3.63) is 42.0 Å². The summed E-state index contributed by atoms with van der Waals surface area (Å²) in [7, 11) is -1.97. The molecule has 0 fully saturated rings. The minimum Gasteiger partial charge on any atom is -0.398 e. The van der Waals surface area contributed by atoms with Gasteiger partial charge in [0, 0.05) is 31.9 Å². The van der Waals surface area contributed by atoms with Gasteiger partial charge in [-0.2, -0.15) is 5.10 Å². The maximum atomic E-state index is 12.9. The second-order valence-corrected chi connectivity index (χ2v) is 6.01. The lowest BCUT2D eigenvalue weighted by Gasteiger charge is -2.09. The number of nitrogens with zero attached hydrogens (tertiary/aromatic N) is 2. The van der Waals surface area contributed by atoms with Crippen LogP contribution in [-0.2, 0) is 23.5 Å². The van der Waals surface area contributed by atoms with E-state index >= 15 is 0 Å². The number of aromatic nitrogens is 2. The highest BCUT2D eigenvalue weighted by molar-refractivity contribution is 7.89. The van der Waals surface area contributed by atoms with Crippen molar-refractivity contribution in [2.45, 2.75) is 11.3 Å². The lowest BCUT2D eigenvalue weighted by Crippen LogP contribution is -2.27. The predicted octanol–water partition coefficient (Wildman–Crippen LogP) is 0.662. The second-order valence-electron chi connectivity index (χ2n) is 4.28. The second kappa shape index (κ2) is 5.59. The first-order chi connectivity index (χ1) is 9.40. The minimum atomic E-state index is -3.75. The summed E-state index contributed by atoms with van der Waals surface area (Å²) in [6.07, 6.45) is 2.14. The Bertz CT molecular complexity index is 712. The van der Waals surface area contributed by atoms with Crippen LogP contribution < -0.4 is 10.5 Å². The fourth-order valence-electron chi connectivity index (χ4n) is 1.80. The molecule has 0 unspecified atom stereocenters. The average molecular weight is 298 g/mol. The fourth-order valence-corrected chi connectivity index (χ4v) is 2.94. The molecule has 108 valence electrons. The Labute approximate surface area is 116 Å². The Balaban J connectivity index is 2.06. The maximum Gasteiger partial charge on any atom is 0.242 e. The van der Waals surface area contributed by atoms with Crippen LogP contribution in [0.4, 0.5) is 10.1 Å². The van der Waals surface area contributed by atoms with Crippen LogP contribution in [0, 0.1) is 5.82 Å². The Kier molecular flexibility index (Phi) is 4.05. The molecule has 1 aromatic carbocycles. The first-order valence-electron chi connectivity index (χ1n) is 5.92. The van der Waals surface area contributed by atoms with Gasteiger partial charge in [0.25, 0.3) is 0 Å². The molecule has 1 heterocycles. The van der Waals surface area contributed by atoms with Crippen LogP contribution >= 0.6 is 0 Å². The van der Waals surface area contributed by atoms with E-state index in [0.717, 1.165) is 23.9 Å². The highest BCUT2D eigenvalue weighted by atomic mass is 32.2. The van der Waals surface area contributed by atoms with Crippen molar-refractivity contribution < 1.29 is 12.8 Å². The normalized spacial score (nSPS) is 11.7. The number of aryl methyl sites for hydroxylation is 1. The smallest absolute Gasteiger partial charge is 0.242 e. The van der Waals surface area contributed by atoms with E-state index in [9.17, 15) is 12.8 Å². The number of nitrogens with two attached hydrogens (primary N) is 1. The summed E-state index contributed by atoms with van der Waals surface area (Å²) in [5.41, 5.74) is 6.31. The Morgan fingerprint density at radius 2 is 2.15 bits per heavy atom. The van der Waals surface area contributed by atoms with Gasteiger partial charge in [-0.1, -0.05) is 0 Å². The molecule has 0 amide bonds. The molecule has 0 aliphatic rings. The largest absolute Gasteiger partial charge is 0.398 e. The van der Waals surface area contributed by atoms with Gasteiger partial charge in [0.15, 0.2) is 0 Å². The number of nitrogens with one attached hydrogen (secondary N) is 1. The molecule has 0 saturated carbocycles. The molecule has 3 N–H and O–H groups in total. The lowest BCUT2D eigenvalue weighted by molar-refractivity contribution is 0.579. The molecule has 0 aliphatic carbocycles. The third-order valence-corrected chi connectivity index (χ3v) is 4.39. The summed E-state index contributed by atoms with van der Waals surface area (Å²) in [4.78, 5) is -0.121. The summed E-state index contributed by atoms with van der Waals surface area (Å²) in [5, 5.41) is 3.99. The molecule has 20 heavy (non-hydrogen) atoms. The van der Waals surface area contributed by atoms with Crippen LogP contribution in [0.2, 0.25) is 0 Å². The van der Waals surface area contributed by atoms with Crippen molar-refractivity contribution >= 4 is 15.7 Å². The predicted molar refractivity (Wildman–Crippen MR) is 72.9 cm³/mol. The standard InChI is InChI=1S/C12H15FN4O2S/c1-17-10(4-6-15-17)5-7-16-20(18,19)12-3-2-9(13)8-11(12)14/h2-4,6,8,16H,5,7,14H2,1H3. The zero-order chi connectivity index (χ0) is 14.8. The van der Waals surface area contributed by atoms with Crippen molar-refractivity contribution in [1.82, 2.24) is 14.5 Å². The number of rotatable bonds is 5. The number of hydrogen-bond donors (Lipinski definition) is 2. The third kappa shape index (κ3) is 3.14. The van der Waals surface area contributed by atoms with E-state index in [1.807, 2.05) is 0 Å². The van der Waals surface area contributed by atoms with Crippen molar-refractivity contribution in [2.75, 3.05) is 12.3 Å².